The number of rotatable bonds is 19. The smallest absolute Gasteiger partial charge is 0.0571 e. The Labute approximate surface area is 340 Å². The third-order valence-corrected chi connectivity index (χ3v) is 18.0. The summed E-state index contributed by atoms with van der Waals surface area (Å²) in [6, 6.07) is 0. The van der Waals surface area contributed by atoms with Gasteiger partial charge >= 0.3 is 0 Å². The van der Waals surface area contributed by atoms with Crippen LogP contribution in [0.4, 0.5) is 0 Å². The van der Waals surface area contributed by atoms with Gasteiger partial charge in [-0.05, 0) is 185 Å². The molecule has 3 unspecified atom stereocenters. The van der Waals surface area contributed by atoms with Crippen molar-refractivity contribution in [2.75, 3.05) is 0 Å². The van der Waals surface area contributed by atoms with Crippen molar-refractivity contribution in [1.82, 2.24) is 0 Å². The standard InChI is InChI=1S/C50H91IO/c1-8-9-38-13-15-39(16-14-38)12-10-37(4)11-19-45(36(2)3)34-48(52)44-20-17-40(18-21-44)30-42-31-41(26-27-49(5,6)7)32-43(33-42)35-50(28-29-50)46-22-24-47(51)25-23-46/h36-48,52H,8-35H2,1-7H3/t37-,38?,39?,40?,41+,42-,43?,44?,45?,46?,47?,48?/m1/s1. The van der Waals surface area contributed by atoms with Gasteiger partial charge in [0.05, 0.1) is 6.10 Å². The van der Waals surface area contributed by atoms with E-state index in [0.29, 0.717) is 23.2 Å². The lowest BCUT2D eigenvalue weighted by molar-refractivity contribution is 0.0382. The fraction of sp³-hybridized carbons (Fsp3) is 1.00. The first-order valence-electron chi connectivity index (χ1n) is 24.1. The molecule has 5 saturated carbocycles. The molecule has 5 aliphatic rings. The summed E-state index contributed by atoms with van der Waals surface area (Å²) in [5.74, 6) is 9.75. The van der Waals surface area contributed by atoms with Gasteiger partial charge in [0, 0.05) is 3.92 Å². The zero-order valence-electron chi connectivity index (χ0n) is 36.1. The summed E-state index contributed by atoms with van der Waals surface area (Å²) in [6.07, 6.45) is 40.5. The number of aliphatic hydroxyl groups excluding tert-OH is 1. The summed E-state index contributed by atoms with van der Waals surface area (Å²) in [4.78, 5) is 0. The monoisotopic (exact) mass is 835 g/mol. The number of hydrogen-bond donors (Lipinski definition) is 1. The molecule has 0 saturated heterocycles. The van der Waals surface area contributed by atoms with Crippen molar-refractivity contribution in [2.45, 2.75) is 238 Å². The predicted molar refractivity (Wildman–Crippen MR) is 236 cm³/mol. The first kappa shape index (κ1) is 43.8. The van der Waals surface area contributed by atoms with Crippen molar-refractivity contribution in [3.8, 4) is 0 Å². The van der Waals surface area contributed by atoms with Crippen LogP contribution in [0.3, 0.4) is 0 Å². The summed E-state index contributed by atoms with van der Waals surface area (Å²) in [7, 11) is 0. The largest absolute Gasteiger partial charge is 0.393 e. The Balaban J connectivity index is 1.04. The van der Waals surface area contributed by atoms with Crippen molar-refractivity contribution in [2.24, 2.45) is 75.9 Å². The molecule has 0 aliphatic heterocycles. The Bertz CT molecular complexity index is 969. The summed E-state index contributed by atoms with van der Waals surface area (Å²) >= 11 is 2.73. The quantitative estimate of drug-likeness (QED) is 0.102. The number of halogens is 1. The van der Waals surface area contributed by atoms with E-state index in [1.54, 1.807) is 32.1 Å². The Morgan fingerprint density at radius 2 is 1.25 bits per heavy atom. The fourth-order valence-electron chi connectivity index (χ4n) is 13.0. The normalized spacial score (nSPS) is 36.0. The molecule has 304 valence electrons. The second kappa shape index (κ2) is 20.9. The Morgan fingerprint density at radius 3 is 1.85 bits per heavy atom. The molecular formula is C50H91IO. The lowest BCUT2D eigenvalue weighted by Crippen LogP contribution is -2.32. The van der Waals surface area contributed by atoms with Crippen LogP contribution >= 0.6 is 22.6 Å². The highest BCUT2D eigenvalue weighted by molar-refractivity contribution is 14.1. The highest BCUT2D eigenvalue weighted by atomic mass is 127. The second-order valence-corrected chi connectivity index (χ2v) is 24.4. The van der Waals surface area contributed by atoms with Gasteiger partial charge in [-0.2, -0.15) is 0 Å². The number of hydrogen-bond acceptors (Lipinski definition) is 1. The maximum Gasteiger partial charge on any atom is 0.0571 e. The minimum Gasteiger partial charge on any atom is -0.393 e. The highest BCUT2D eigenvalue weighted by Crippen LogP contribution is 2.62. The molecule has 0 aromatic heterocycles. The van der Waals surface area contributed by atoms with Crippen LogP contribution in [0.1, 0.15) is 228 Å². The van der Waals surface area contributed by atoms with Gasteiger partial charge in [0.15, 0.2) is 0 Å². The van der Waals surface area contributed by atoms with Gasteiger partial charge in [0.25, 0.3) is 0 Å². The Morgan fingerprint density at radius 1 is 0.654 bits per heavy atom. The van der Waals surface area contributed by atoms with Crippen molar-refractivity contribution in [3.63, 3.8) is 0 Å². The molecule has 2 heteroatoms. The second-order valence-electron chi connectivity index (χ2n) is 22.7. The van der Waals surface area contributed by atoms with Crippen LogP contribution in [0.15, 0.2) is 0 Å². The van der Waals surface area contributed by atoms with Crippen LogP contribution in [-0.2, 0) is 0 Å². The van der Waals surface area contributed by atoms with Gasteiger partial charge in [-0.15, -0.1) is 0 Å². The van der Waals surface area contributed by atoms with Gasteiger partial charge in [0.1, 0.15) is 0 Å². The topological polar surface area (TPSA) is 20.2 Å². The number of alkyl halides is 1. The van der Waals surface area contributed by atoms with Crippen molar-refractivity contribution in [1.29, 1.82) is 0 Å². The van der Waals surface area contributed by atoms with Gasteiger partial charge in [-0.1, -0.05) is 142 Å². The molecule has 0 heterocycles. The molecule has 5 fully saturated rings. The third kappa shape index (κ3) is 14.3. The minimum atomic E-state index is -0.0696. The lowest BCUT2D eigenvalue weighted by Gasteiger charge is -2.42. The van der Waals surface area contributed by atoms with Crippen LogP contribution in [0.5, 0.6) is 0 Å². The molecule has 52 heavy (non-hydrogen) atoms. The van der Waals surface area contributed by atoms with E-state index in [1.165, 1.54) is 141 Å². The summed E-state index contributed by atoms with van der Waals surface area (Å²) < 4.78 is 0.950. The van der Waals surface area contributed by atoms with Crippen LogP contribution in [0.2, 0.25) is 0 Å². The van der Waals surface area contributed by atoms with E-state index in [-0.39, 0.29) is 6.10 Å². The number of aliphatic hydroxyl groups is 1. The average molecular weight is 835 g/mol. The van der Waals surface area contributed by atoms with Crippen LogP contribution in [-0.4, -0.2) is 15.1 Å². The minimum absolute atomic E-state index is 0.0696. The third-order valence-electron chi connectivity index (χ3n) is 16.8. The maximum absolute atomic E-state index is 11.6. The molecule has 0 bridgehead atoms. The van der Waals surface area contributed by atoms with E-state index >= 15 is 0 Å². The Kier molecular flexibility index (Phi) is 17.6. The van der Waals surface area contributed by atoms with Gasteiger partial charge in [-0.3, -0.25) is 0 Å². The van der Waals surface area contributed by atoms with E-state index in [2.05, 4.69) is 71.1 Å². The molecule has 0 aromatic rings. The molecule has 0 amide bonds. The van der Waals surface area contributed by atoms with E-state index in [4.69, 9.17) is 0 Å². The van der Waals surface area contributed by atoms with Crippen LogP contribution < -0.4 is 0 Å². The zero-order valence-corrected chi connectivity index (χ0v) is 38.3. The van der Waals surface area contributed by atoms with E-state index < -0.39 is 0 Å². The first-order valence-corrected chi connectivity index (χ1v) is 25.4. The van der Waals surface area contributed by atoms with Crippen molar-refractivity contribution >= 4 is 22.6 Å². The van der Waals surface area contributed by atoms with Crippen LogP contribution in [0.25, 0.3) is 0 Å². The molecule has 0 spiro atoms. The molecule has 5 rings (SSSR count). The SMILES string of the molecule is CCCC1CCC(CC[C@@H](C)CCC(CC(O)C2CCC(C[C@H]3CC(CC4(C5CCC(I)CC5)CC4)C[C@@H](CCC(C)(C)C)C3)CC2)C(C)C)CC1. The van der Waals surface area contributed by atoms with Crippen molar-refractivity contribution < 1.29 is 5.11 Å². The predicted octanol–water partition coefficient (Wildman–Crippen LogP) is 16.0. The van der Waals surface area contributed by atoms with Gasteiger partial charge < -0.3 is 5.11 Å². The van der Waals surface area contributed by atoms with Crippen molar-refractivity contribution in [3.05, 3.63) is 0 Å². The first-order chi connectivity index (χ1) is 24.8. The summed E-state index contributed by atoms with van der Waals surface area (Å²) in [5.41, 5.74) is 1.22. The molecule has 1 nitrogen and oxygen atoms in total. The highest BCUT2D eigenvalue weighted by Gasteiger charge is 2.51. The van der Waals surface area contributed by atoms with Gasteiger partial charge in [-0.25, -0.2) is 0 Å². The molecular weight excluding hydrogens is 743 g/mol. The van der Waals surface area contributed by atoms with E-state index in [1.807, 2.05) is 0 Å². The molecule has 0 aromatic carbocycles. The molecule has 0 radical (unpaired) electrons. The van der Waals surface area contributed by atoms with Gasteiger partial charge in [0.2, 0.25) is 0 Å². The van der Waals surface area contributed by atoms with Crippen LogP contribution in [0, 0.1) is 75.9 Å². The molecule has 6 atom stereocenters. The molecule has 1 N–H and O–H groups in total. The van der Waals surface area contributed by atoms with E-state index in [0.717, 1.165) is 63.1 Å². The maximum atomic E-state index is 11.6. The zero-order chi connectivity index (χ0) is 37.3. The lowest BCUT2D eigenvalue weighted by atomic mass is 9.64. The summed E-state index contributed by atoms with van der Waals surface area (Å²) in [5, 5.41) is 11.6. The average Bonchev–Trinajstić information content (AvgIpc) is 3.89. The Hall–Kier alpha value is 0.690. The summed E-state index contributed by atoms with van der Waals surface area (Å²) in [6.45, 7) is 17.1. The van der Waals surface area contributed by atoms with E-state index in [9.17, 15) is 5.11 Å². The fourth-order valence-corrected chi connectivity index (χ4v) is 13.7. The molecule has 5 aliphatic carbocycles.